The molecule has 1 heterocycles. The SMILES string of the molecule is CC.CCCC(C)(CC(ON1C(C)(C)CCCC1(C)C)c1ccccc1)c1ccccc1.CCCCCOc1ccc(C=O)c(OC)c1. The molecule has 1 aliphatic rings. The minimum absolute atomic E-state index is 0.0274. The quantitative estimate of drug-likeness (QED) is 0.120. The fourth-order valence-corrected chi connectivity index (χ4v) is 6.86. The van der Waals surface area contributed by atoms with Gasteiger partial charge in [-0.05, 0) is 94.9 Å². The summed E-state index contributed by atoms with van der Waals surface area (Å²) in [5.41, 5.74) is 3.36. The summed E-state index contributed by atoms with van der Waals surface area (Å²) in [6.45, 7) is 20.9. The summed E-state index contributed by atoms with van der Waals surface area (Å²) in [7, 11) is 1.54. The van der Waals surface area contributed by atoms with Crippen LogP contribution in [-0.4, -0.2) is 36.1 Å². The van der Waals surface area contributed by atoms with E-state index in [1.165, 1.54) is 43.2 Å². The van der Waals surface area contributed by atoms with Gasteiger partial charge < -0.3 is 9.47 Å². The van der Waals surface area contributed by atoms with E-state index in [0.717, 1.165) is 37.7 Å². The van der Waals surface area contributed by atoms with Crippen molar-refractivity contribution in [3.8, 4) is 11.5 Å². The predicted octanol–water partition coefficient (Wildman–Crippen LogP) is 12.0. The van der Waals surface area contributed by atoms with Crippen LogP contribution in [0.2, 0.25) is 0 Å². The van der Waals surface area contributed by atoms with Crippen LogP contribution in [0.15, 0.2) is 78.9 Å². The molecule has 0 saturated carbocycles. The molecule has 48 heavy (non-hydrogen) atoms. The van der Waals surface area contributed by atoms with E-state index < -0.39 is 0 Å². The summed E-state index contributed by atoms with van der Waals surface area (Å²) >= 11 is 0. The van der Waals surface area contributed by atoms with E-state index in [1.807, 2.05) is 13.8 Å². The highest BCUT2D eigenvalue weighted by Crippen LogP contribution is 2.44. The third-order valence-electron chi connectivity index (χ3n) is 9.34. The zero-order valence-corrected chi connectivity index (χ0v) is 31.8. The molecule has 0 spiro atoms. The van der Waals surface area contributed by atoms with Crippen LogP contribution in [-0.2, 0) is 10.3 Å². The number of hydrogen-bond donors (Lipinski definition) is 0. The molecule has 2 unspecified atom stereocenters. The van der Waals surface area contributed by atoms with Crippen molar-refractivity contribution in [1.29, 1.82) is 0 Å². The zero-order chi connectivity index (χ0) is 35.6. The monoisotopic (exact) mass is 659 g/mol. The van der Waals surface area contributed by atoms with Crippen molar-refractivity contribution in [3.05, 3.63) is 95.6 Å². The van der Waals surface area contributed by atoms with Crippen molar-refractivity contribution >= 4 is 6.29 Å². The van der Waals surface area contributed by atoms with Gasteiger partial charge >= 0.3 is 0 Å². The average molecular weight is 660 g/mol. The standard InChI is InChI=1S/C28H41NO.C13H18O3.C2H6/c1-7-19-28(6,24-17-12-9-13-18-24)22-25(23-15-10-8-11-16-23)30-29-26(2,3)20-14-21-27(29,4)5;1-3-4-5-8-16-12-7-6-11(10-14)13(9-12)15-2;1-2/h8-13,15-18,25H,7,14,19-22H2,1-6H3;6-7,9-10H,3-5,8H2,1-2H3;1-2H3. The summed E-state index contributed by atoms with van der Waals surface area (Å²) in [6, 6.07) is 27.1. The van der Waals surface area contributed by atoms with Crippen LogP contribution >= 0.6 is 0 Å². The number of hydroxylamine groups is 2. The number of hydrogen-bond acceptors (Lipinski definition) is 5. The van der Waals surface area contributed by atoms with E-state index in [0.29, 0.717) is 17.9 Å². The first-order valence-corrected chi connectivity index (χ1v) is 18.3. The number of unbranched alkanes of at least 4 members (excludes halogenated alkanes) is 2. The van der Waals surface area contributed by atoms with Crippen molar-refractivity contribution in [2.24, 2.45) is 0 Å². The molecule has 4 rings (SSSR count). The molecule has 0 aromatic heterocycles. The Morgan fingerprint density at radius 2 is 1.46 bits per heavy atom. The molecule has 0 bridgehead atoms. The number of benzene rings is 3. The summed E-state index contributed by atoms with van der Waals surface area (Å²) in [6.07, 6.45) is 11.1. The van der Waals surface area contributed by atoms with Gasteiger partial charge in [0.25, 0.3) is 0 Å². The summed E-state index contributed by atoms with van der Waals surface area (Å²) in [5, 5.41) is 2.33. The van der Waals surface area contributed by atoms with Crippen LogP contribution in [0.5, 0.6) is 11.5 Å². The highest BCUT2D eigenvalue weighted by atomic mass is 16.7. The maximum absolute atomic E-state index is 10.7. The van der Waals surface area contributed by atoms with Gasteiger partial charge in [0.05, 0.1) is 19.3 Å². The molecule has 5 heteroatoms. The van der Waals surface area contributed by atoms with Gasteiger partial charge in [-0.25, -0.2) is 0 Å². The van der Waals surface area contributed by atoms with Gasteiger partial charge in [0.15, 0.2) is 6.29 Å². The second kappa shape index (κ2) is 20.4. The normalized spacial score (nSPS) is 17.0. The van der Waals surface area contributed by atoms with E-state index in [-0.39, 0.29) is 22.6 Å². The number of piperidine rings is 1. The van der Waals surface area contributed by atoms with Gasteiger partial charge in [0.1, 0.15) is 17.6 Å². The van der Waals surface area contributed by atoms with E-state index in [4.69, 9.17) is 14.3 Å². The molecule has 2 atom stereocenters. The van der Waals surface area contributed by atoms with E-state index in [2.05, 4.69) is 114 Å². The lowest BCUT2D eigenvalue weighted by Crippen LogP contribution is -2.58. The van der Waals surface area contributed by atoms with Gasteiger partial charge in [0.2, 0.25) is 0 Å². The lowest BCUT2D eigenvalue weighted by atomic mass is 9.73. The van der Waals surface area contributed by atoms with Crippen molar-refractivity contribution in [3.63, 3.8) is 0 Å². The van der Waals surface area contributed by atoms with Crippen LogP contribution in [0, 0.1) is 0 Å². The number of methoxy groups -OCH3 is 1. The molecule has 3 aromatic rings. The smallest absolute Gasteiger partial charge is 0.153 e. The molecular weight excluding hydrogens is 594 g/mol. The summed E-state index contributed by atoms with van der Waals surface area (Å²) in [5.74, 6) is 1.31. The zero-order valence-electron chi connectivity index (χ0n) is 31.8. The number of carbonyl (C=O) groups is 1. The third kappa shape index (κ3) is 12.1. The van der Waals surface area contributed by atoms with Gasteiger partial charge in [-0.2, -0.15) is 5.06 Å². The Balaban J connectivity index is 0.000000376. The van der Waals surface area contributed by atoms with E-state index >= 15 is 0 Å². The van der Waals surface area contributed by atoms with Crippen molar-refractivity contribution in [2.45, 2.75) is 143 Å². The number of aldehydes is 1. The Hall–Kier alpha value is -3.15. The molecule has 0 N–H and O–H groups in total. The highest BCUT2D eigenvalue weighted by molar-refractivity contribution is 5.79. The highest BCUT2D eigenvalue weighted by Gasteiger charge is 2.44. The Bertz CT molecular complexity index is 1290. The molecule has 5 nitrogen and oxygen atoms in total. The summed E-state index contributed by atoms with van der Waals surface area (Å²) in [4.78, 5) is 17.7. The number of carbonyl (C=O) groups excluding carboxylic acids is 1. The van der Waals surface area contributed by atoms with Gasteiger partial charge in [-0.1, -0.05) is 115 Å². The third-order valence-corrected chi connectivity index (χ3v) is 9.34. The Labute approximate surface area is 293 Å². The van der Waals surface area contributed by atoms with E-state index in [1.54, 1.807) is 25.3 Å². The predicted molar refractivity (Wildman–Crippen MR) is 202 cm³/mol. The second-order valence-corrected chi connectivity index (χ2v) is 14.2. The first kappa shape index (κ1) is 41.0. The first-order chi connectivity index (χ1) is 23.0. The molecule has 266 valence electrons. The van der Waals surface area contributed by atoms with Gasteiger partial charge in [0, 0.05) is 17.1 Å². The molecule has 0 radical (unpaired) electrons. The average Bonchev–Trinajstić information content (AvgIpc) is 3.09. The lowest BCUT2D eigenvalue weighted by Gasteiger charge is -2.53. The molecule has 1 aliphatic heterocycles. The number of nitrogens with zero attached hydrogens (tertiary/aromatic N) is 1. The van der Waals surface area contributed by atoms with E-state index in [9.17, 15) is 4.79 Å². The van der Waals surface area contributed by atoms with Crippen LogP contribution < -0.4 is 9.47 Å². The van der Waals surface area contributed by atoms with Crippen LogP contribution in [0.3, 0.4) is 0 Å². The minimum atomic E-state index is 0.0274. The first-order valence-electron chi connectivity index (χ1n) is 18.3. The molecule has 1 saturated heterocycles. The van der Waals surface area contributed by atoms with Crippen LogP contribution in [0.4, 0.5) is 0 Å². The Kier molecular flexibility index (Phi) is 17.4. The van der Waals surface area contributed by atoms with Gasteiger partial charge in [-0.15, -0.1) is 0 Å². The summed E-state index contributed by atoms with van der Waals surface area (Å²) < 4.78 is 10.6. The van der Waals surface area contributed by atoms with Crippen LogP contribution in [0.1, 0.15) is 148 Å². The van der Waals surface area contributed by atoms with Gasteiger partial charge in [-0.3, -0.25) is 9.63 Å². The van der Waals surface area contributed by atoms with Crippen LogP contribution in [0.25, 0.3) is 0 Å². The molecule has 3 aromatic carbocycles. The maximum Gasteiger partial charge on any atom is 0.153 e. The molecule has 0 amide bonds. The maximum atomic E-state index is 10.7. The Morgan fingerprint density at radius 1 is 0.854 bits per heavy atom. The minimum Gasteiger partial charge on any atom is -0.496 e. The van der Waals surface area contributed by atoms with Crippen molar-refractivity contribution in [2.75, 3.05) is 13.7 Å². The number of ether oxygens (including phenoxy) is 2. The second-order valence-electron chi connectivity index (χ2n) is 14.2. The fourth-order valence-electron chi connectivity index (χ4n) is 6.86. The topological polar surface area (TPSA) is 48.0 Å². The largest absolute Gasteiger partial charge is 0.496 e. The molecule has 1 fully saturated rings. The fraction of sp³-hybridized carbons (Fsp3) is 0.558. The Morgan fingerprint density at radius 3 is 2.00 bits per heavy atom. The lowest BCUT2D eigenvalue weighted by molar-refractivity contribution is -0.310. The van der Waals surface area contributed by atoms with Crippen molar-refractivity contribution in [1.82, 2.24) is 5.06 Å². The molecular formula is C43H65NO4. The number of rotatable bonds is 15. The van der Waals surface area contributed by atoms with Crippen molar-refractivity contribution < 1.29 is 19.1 Å². The molecule has 0 aliphatic carbocycles.